The fourth-order valence-corrected chi connectivity index (χ4v) is 3.85. The average Bonchev–Trinajstić information content (AvgIpc) is 3.29. The smallest absolute Gasteiger partial charge is 0.123 e. The van der Waals surface area contributed by atoms with Gasteiger partial charge in [0, 0.05) is 25.3 Å². The lowest BCUT2D eigenvalue weighted by Gasteiger charge is -2.33. The Hall–Kier alpha value is -1.79. The van der Waals surface area contributed by atoms with Crippen molar-refractivity contribution < 1.29 is 9.13 Å². The van der Waals surface area contributed by atoms with Crippen molar-refractivity contribution in [3.8, 4) is 11.3 Å². The highest BCUT2D eigenvalue weighted by molar-refractivity contribution is 5.57. The molecule has 0 saturated carbocycles. The number of benzene rings is 1. The SMILES string of the molecule is Fc1ccc(-c2cn(CC3CCN(CC4CCOC4)CC3)nn2)cc1. The molecule has 6 heteroatoms. The van der Waals surface area contributed by atoms with Gasteiger partial charge in [0.25, 0.3) is 0 Å². The average molecular weight is 344 g/mol. The van der Waals surface area contributed by atoms with E-state index in [4.69, 9.17) is 4.74 Å². The van der Waals surface area contributed by atoms with Crippen LogP contribution in [0.5, 0.6) is 0 Å². The van der Waals surface area contributed by atoms with Gasteiger partial charge in [-0.2, -0.15) is 0 Å². The molecule has 0 aliphatic carbocycles. The second kappa shape index (κ2) is 7.62. The summed E-state index contributed by atoms with van der Waals surface area (Å²) < 4.78 is 20.4. The number of ether oxygens (including phenoxy) is 1. The molecule has 0 amide bonds. The van der Waals surface area contributed by atoms with Gasteiger partial charge in [-0.3, -0.25) is 4.68 Å². The minimum Gasteiger partial charge on any atom is -0.381 e. The first-order valence-electron chi connectivity index (χ1n) is 9.22. The zero-order chi connectivity index (χ0) is 17.1. The number of piperidine rings is 1. The molecule has 0 N–H and O–H groups in total. The molecule has 3 heterocycles. The Morgan fingerprint density at radius 1 is 1.04 bits per heavy atom. The summed E-state index contributed by atoms with van der Waals surface area (Å²) >= 11 is 0. The quantitative estimate of drug-likeness (QED) is 0.837. The maximum atomic E-state index is 13.0. The number of nitrogens with zero attached hydrogens (tertiary/aromatic N) is 4. The molecule has 134 valence electrons. The van der Waals surface area contributed by atoms with Crippen LogP contribution in [0.2, 0.25) is 0 Å². The normalized spacial score (nSPS) is 22.5. The molecular weight excluding hydrogens is 319 g/mol. The number of likely N-dealkylation sites (tertiary alicyclic amines) is 1. The molecule has 4 rings (SSSR count). The van der Waals surface area contributed by atoms with E-state index in [1.165, 1.54) is 51.0 Å². The molecule has 0 radical (unpaired) electrons. The maximum absolute atomic E-state index is 13.0. The summed E-state index contributed by atoms with van der Waals surface area (Å²) in [5.41, 5.74) is 1.71. The molecule has 1 aromatic carbocycles. The number of rotatable bonds is 5. The van der Waals surface area contributed by atoms with E-state index in [-0.39, 0.29) is 5.82 Å². The Morgan fingerprint density at radius 2 is 1.84 bits per heavy atom. The van der Waals surface area contributed by atoms with E-state index in [2.05, 4.69) is 15.2 Å². The summed E-state index contributed by atoms with van der Waals surface area (Å²) in [6, 6.07) is 6.41. The summed E-state index contributed by atoms with van der Waals surface area (Å²) in [4.78, 5) is 2.58. The molecule has 0 spiro atoms. The third kappa shape index (κ3) is 4.25. The standard InChI is InChI=1S/C19H25FN4O/c20-18-3-1-17(2-4-18)19-13-24(22-21-19)12-15-5-8-23(9-6-15)11-16-7-10-25-14-16/h1-4,13,15-16H,5-12,14H2. The Morgan fingerprint density at radius 3 is 2.56 bits per heavy atom. The highest BCUT2D eigenvalue weighted by Gasteiger charge is 2.24. The molecular formula is C19H25FN4O. The zero-order valence-electron chi connectivity index (χ0n) is 14.5. The van der Waals surface area contributed by atoms with Crippen LogP contribution >= 0.6 is 0 Å². The third-order valence-electron chi connectivity index (χ3n) is 5.37. The third-order valence-corrected chi connectivity index (χ3v) is 5.37. The molecule has 2 aromatic rings. The van der Waals surface area contributed by atoms with Crippen molar-refractivity contribution in [2.24, 2.45) is 11.8 Å². The van der Waals surface area contributed by atoms with Crippen molar-refractivity contribution in [2.75, 3.05) is 32.8 Å². The second-order valence-corrected chi connectivity index (χ2v) is 7.31. The number of hydrogen-bond donors (Lipinski definition) is 0. The van der Waals surface area contributed by atoms with Gasteiger partial charge in [0.2, 0.25) is 0 Å². The summed E-state index contributed by atoms with van der Waals surface area (Å²) in [6.45, 7) is 6.30. The van der Waals surface area contributed by atoms with Crippen LogP contribution in [0.25, 0.3) is 11.3 Å². The van der Waals surface area contributed by atoms with Gasteiger partial charge in [0.15, 0.2) is 0 Å². The molecule has 2 aliphatic heterocycles. The van der Waals surface area contributed by atoms with Gasteiger partial charge in [0.1, 0.15) is 11.5 Å². The molecule has 1 atom stereocenters. The van der Waals surface area contributed by atoms with E-state index >= 15 is 0 Å². The van der Waals surface area contributed by atoms with Gasteiger partial charge in [0.05, 0.1) is 12.8 Å². The van der Waals surface area contributed by atoms with Crippen LogP contribution in [0.15, 0.2) is 30.5 Å². The monoisotopic (exact) mass is 344 g/mol. The van der Waals surface area contributed by atoms with E-state index in [0.717, 1.165) is 36.9 Å². The van der Waals surface area contributed by atoms with Crippen LogP contribution in [0.1, 0.15) is 19.3 Å². The van der Waals surface area contributed by atoms with Crippen molar-refractivity contribution in [2.45, 2.75) is 25.8 Å². The Balaban J connectivity index is 1.28. The van der Waals surface area contributed by atoms with E-state index in [1.54, 1.807) is 12.1 Å². The van der Waals surface area contributed by atoms with Gasteiger partial charge in [-0.1, -0.05) is 5.21 Å². The predicted octanol–water partition coefficient (Wildman–Crippen LogP) is 2.83. The summed E-state index contributed by atoms with van der Waals surface area (Å²) in [5.74, 6) is 1.15. The van der Waals surface area contributed by atoms with Gasteiger partial charge in [-0.15, -0.1) is 5.10 Å². The van der Waals surface area contributed by atoms with E-state index in [1.807, 2.05) is 10.9 Å². The summed E-state index contributed by atoms with van der Waals surface area (Å²) in [7, 11) is 0. The first-order valence-corrected chi connectivity index (χ1v) is 9.22. The fourth-order valence-electron chi connectivity index (χ4n) is 3.85. The van der Waals surface area contributed by atoms with E-state index in [9.17, 15) is 4.39 Å². The molecule has 2 fully saturated rings. The van der Waals surface area contributed by atoms with Gasteiger partial charge in [-0.25, -0.2) is 4.39 Å². The maximum Gasteiger partial charge on any atom is 0.123 e. The lowest BCUT2D eigenvalue weighted by molar-refractivity contribution is 0.134. The van der Waals surface area contributed by atoms with Crippen molar-refractivity contribution in [3.63, 3.8) is 0 Å². The molecule has 2 aliphatic rings. The summed E-state index contributed by atoms with van der Waals surface area (Å²) in [6.07, 6.45) is 5.60. The Labute approximate surface area is 147 Å². The minimum atomic E-state index is -0.230. The highest BCUT2D eigenvalue weighted by atomic mass is 19.1. The van der Waals surface area contributed by atoms with Crippen molar-refractivity contribution in [1.82, 2.24) is 19.9 Å². The Bertz CT molecular complexity index is 673. The largest absolute Gasteiger partial charge is 0.381 e. The van der Waals surface area contributed by atoms with Crippen molar-refractivity contribution in [3.05, 3.63) is 36.3 Å². The van der Waals surface area contributed by atoms with Gasteiger partial charge < -0.3 is 9.64 Å². The molecule has 2 saturated heterocycles. The molecule has 1 aromatic heterocycles. The van der Waals surface area contributed by atoms with Crippen LogP contribution in [-0.4, -0.2) is 52.7 Å². The van der Waals surface area contributed by atoms with E-state index in [0.29, 0.717) is 5.92 Å². The second-order valence-electron chi connectivity index (χ2n) is 7.31. The van der Waals surface area contributed by atoms with Crippen molar-refractivity contribution in [1.29, 1.82) is 0 Å². The molecule has 5 nitrogen and oxygen atoms in total. The predicted molar refractivity (Wildman–Crippen MR) is 93.5 cm³/mol. The van der Waals surface area contributed by atoms with Gasteiger partial charge >= 0.3 is 0 Å². The zero-order valence-corrected chi connectivity index (χ0v) is 14.5. The number of aromatic nitrogens is 3. The lowest BCUT2D eigenvalue weighted by Crippen LogP contribution is -2.38. The highest BCUT2D eigenvalue weighted by Crippen LogP contribution is 2.23. The summed E-state index contributed by atoms with van der Waals surface area (Å²) in [5, 5.41) is 8.49. The molecule has 0 bridgehead atoms. The van der Waals surface area contributed by atoms with Crippen LogP contribution in [0, 0.1) is 17.7 Å². The van der Waals surface area contributed by atoms with Gasteiger partial charge in [-0.05, 0) is 68.5 Å². The minimum absolute atomic E-state index is 0.230. The first-order chi connectivity index (χ1) is 12.3. The van der Waals surface area contributed by atoms with Crippen LogP contribution in [0.3, 0.4) is 0 Å². The fraction of sp³-hybridized carbons (Fsp3) is 0.579. The molecule has 25 heavy (non-hydrogen) atoms. The molecule has 1 unspecified atom stereocenters. The first kappa shape index (κ1) is 16.7. The number of halogens is 1. The topological polar surface area (TPSA) is 43.2 Å². The number of hydrogen-bond acceptors (Lipinski definition) is 4. The van der Waals surface area contributed by atoms with Crippen LogP contribution in [0.4, 0.5) is 4.39 Å². The van der Waals surface area contributed by atoms with Crippen LogP contribution in [-0.2, 0) is 11.3 Å². The van der Waals surface area contributed by atoms with Crippen LogP contribution < -0.4 is 0 Å². The van der Waals surface area contributed by atoms with E-state index < -0.39 is 0 Å². The van der Waals surface area contributed by atoms with Crippen molar-refractivity contribution >= 4 is 0 Å². The lowest BCUT2D eigenvalue weighted by atomic mass is 9.96. The Kier molecular flexibility index (Phi) is 5.08.